The van der Waals surface area contributed by atoms with E-state index >= 15 is 0 Å². The molecule has 0 bridgehead atoms. The summed E-state index contributed by atoms with van der Waals surface area (Å²) in [5, 5.41) is 20.8. The van der Waals surface area contributed by atoms with E-state index in [-0.39, 0.29) is 52.9 Å². The van der Waals surface area contributed by atoms with E-state index in [1.807, 2.05) is 6.07 Å². The van der Waals surface area contributed by atoms with Gasteiger partial charge in [-0.3, -0.25) is 9.59 Å². The second kappa shape index (κ2) is 7.69. The number of hydrogen-bond acceptors (Lipinski definition) is 9. The summed E-state index contributed by atoms with van der Waals surface area (Å²) < 4.78 is 27.5. The molecular formula is C26H18O9. The molecule has 3 aromatic carbocycles. The fraction of sp³-hybridized carbons (Fsp3) is 0.154. The molecule has 3 heterocycles. The van der Waals surface area contributed by atoms with E-state index in [1.165, 1.54) is 25.3 Å². The molecule has 0 saturated heterocycles. The van der Waals surface area contributed by atoms with E-state index in [1.54, 1.807) is 24.3 Å². The molecular weight excluding hydrogens is 456 g/mol. The van der Waals surface area contributed by atoms with Crippen molar-refractivity contribution < 1.29 is 38.4 Å². The van der Waals surface area contributed by atoms with Crippen LogP contribution in [0.15, 0.2) is 57.7 Å². The van der Waals surface area contributed by atoms with Crippen molar-refractivity contribution in [3.05, 3.63) is 69.9 Å². The first kappa shape index (κ1) is 20.9. The molecule has 4 aromatic rings. The van der Waals surface area contributed by atoms with Crippen LogP contribution in [0.25, 0.3) is 22.3 Å². The lowest BCUT2D eigenvalue weighted by molar-refractivity contribution is -0.135. The van der Waals surface area contributed by atoms with Gasteiger partial charge in [-0.25, -0.2) is 0 Å². The van der Waals surface area contributed by atoms with Crippen molar-refractivity contribution in [2.24, 2.45) is 0 Å². The molecule has 2 N–H and O–H groups in total. The molecule has 0 radical (unpaired) electrons. The van der Waals surface area contributed by atoms with Crippen LogP contribution in [0.5, 0.6) is 34.5 Å². The van der Waals surface area contributed by atoms with Crippen molar-refractivity contribution in [3.63, 3.8) is 0 Å². The monoisotopic (exact) mass is 474 g/mol. The predicted molar refractivity (Wildman–Crippen MR) is 122 cm³/mol. The Labute approximate surface area is 197 Å². The third kappa shape index (κ3) is 3.31. The topological polar surface area (TPSA) is 125 Å². The third-order valence-electron chi connectivity index (χ3n) is 6.19. The summed E-state index contributed by atoms with van der Waals surface area (Å²) in [6.45, 7) is 0.103. The first-order valence-electron chi connectivity index (χ1n) is 10.7. The van der Waals surface area contributed by atoms with E-state index in [4.69, 9.17) is 23.4 Å². The van der Waals surface area contributed by atoms with Gasteiger partial charge in [0.05, 0.1) is 13.5 Å². The van der Waals surface area contributed by atoms with Gasteiger partial charge in [-0.15, -0.1) is 0 Å². The zero-order valence-corrected chi connectivity index (χ0v) is 18.4. The molecule has 2 aliphatic rings. The van der Waals surface area contributed by atoms with Crippen molar-refractivity contribution in [1.82, 2.24) is 0 Å². The first-order valence-corrected chi connectivity index (χ1v) is 10.7. The van der Waals surface area contributed by atoms with E-state index in [2.05, 4.69) is 0 Å². The minimum absolute atomic E-state index is 0.0101. The summed E-state index contributed by atoms with van der Waals surface area (Å²) in [6.07, 6.45) is -0.0101. The number of methoxy groups -OCH3 is 1. The molecule has 0 saturated carbocycles. The van der Waals surface area contributed by atoms with Crippen molar-refractivity contribution in [3.8, 4) is 45.8 Å². The molecule has 176 valence electrons. The van der Waals surface area contributed by atoms with Crippen LogP contribution < -0.4 is 24.4 Å². The van der Waals surface area contributed by atoms with Crippen LogP contribution in [0.3, 0.4) is 0 Å². The Hall–Kier alpha value is -4.66. The van der Waals surface area contributed by atoms with E-state index < -0.39 is 17.3 Å². The average Bonchev–Trinajstić information content (AvgIpc) is 3.31. The molecule has 2 aliphatic heterocycles. The van der Waals surface area contributed by atoms with Gasteiger partial charge in [0, 0.05) is 29.2 Å². The van der Waals surface area contributed by atoms with Crippen molar-refractivity contribution >= 4 is 16.9 Å². The molecule has 9 heteroatoms. The number of aromatic hydroxyl groups is 2. The van der Waals surface area contributed by atoms with Crippen LogP contribution in [0, 0.1) is 0 Å². The fourth-order valence-corrected chi connectivity index (χ4v) is 4.56. The van der Waals surface area contributed by atoms with Crippen LogP contribution >= 0.6 is 0 Å². The SMILES string of the molecule is COc1ccc(-c2cc(=O)c3c(O)cc4c(c3o2)[C@@H](c2ccc3c(c2)OCO3)CC(=O)O4)cc1O. The molecule has 1 aromatic heterocycles. The highest BCUT2D eigenvalue weighted by Crippen LogP contribution is 2.47. The number of esters is 1. The Morgan fingerprint density at radius 3 is 2.54 bits per heavy atom. The number of carbonyl (C=O) groups is 1. The number of benzene rings is 3. The highest BCUT2D eigenvalue weighted by molar-refractivity contribution is 5.93. The molecule has 1 atom stereocenters. The van der Waals surface area contributed by atoms with Gasteiger partial charge in [0.15, 0.2) is 28.4 Å². The normalized spacial score (nSPS) is 16.1. The van der Waals surface area contributed by atoms with Crippen molar-refractivity contribution in [2.45, 2.75) is 12.3 Å². The highest BCUT2D eigenvalue weighted by atomic mass is 16.7. The lowest BCUT2D eigenvalue weighted by Gasteiger charge is -2.26. The Kier molecular flexibility index (Phi) is 4.60. The zero-order chi connectivity index (χ0) is 24.3. The van der Waals surface area contributed by atoms with E-state index in [0.717, 1.165) is 5.56 Å². The quantitative estimate of drug-likeness (QED) is 0.334. The van der Waals surface area contributed by atoms with Gasteiger partial charge in [-0.1, -0.05) is 6.07 Å². The number of carbonyl (C=O) groups excluding carboxylic acids is 1. The average molecular weight is 474 g/mol. The maximum absolute atomic E-state index is 13.1. The van der Waals surface area contributed by atoms with Crippen LogP contribution in [-0.2, 0) is 4.79 Å². The number of rotatable bonds is 3. The first-order chi connectivity index (χ1) is 16.9. The molecule has 9 nitrogen and oxygen atoms in total. The molecule has 0 amide bonds. The number of phenols is 2. The summed E-state index contributed by atoms with van der Waals surface area (Å²) in [6, 6.07) is 12.4. The molecule has 0 aliphatic carbocycles. The second-order valence-electron chi connectivity index (χ2n) is 8.22. The predicted octanol–water partition coefficient (Wildman–Crippen LogP) is 4.05. The van der Waals surface area contributed by atoms with Crippen molar-refractivity contribution in [1.29, 1.82) is 0 Å². The highest BCUT2D eigenvalue weighted by Gasteiger charge is 2.34. The minimum atomic E-state index is -0.536. The van der Waals surface area contributed by atoms with Gasteiger partial charge in [0.1, 0.15) is 28.2 Å². The maximum atomic E-state index is 13.1. The van der Waals surface area contributed by atoms with Crippen LogP contribution in [0.2, 0.25) is 0 Å². The molecule has 6 rings (SSSR count). The molecule has 0 unspecified atom stereocenters. The number of ether oxygens (including phenoxy) is 4. The fourth-order valence-electron chi connectivity index (χ4n) is 4.56. The van der Waals surface area contributed by atoms with Gasteiger partial charge in [0.25, 0.3) is 0 Å². The Bertz CT molecular complexity index is 1580. The number of hydrogen-bond donors (Lipinski definition) is 2. The Morgan fingerprint density at radius 2 is 1.74 bits per heavy atom. The Morgan fingerprint density at radius 1 is 0.914 bits per heavy atom. The lowest BCUT2D eigenvalue weighted by Crippen LogP contribution is -2.22. The largest absolute Gasteiger partial charge is 0.507 e. The Balaban J connectivity index is 1.60. The van der Waals surface area contributed by atoms with E-state index in [9.17, 15) is 19.8 Å². The standard InChI is InChI=1S/C26H18O9/c1-31-18-4-3-13(6-15(18)27)20-9-16(28)25-17(29)10-22-24(26(25)35-20)14(8-23(30)34-22)12-2-5-19-21(7-12)33-11-32-19/h2-7,9-10,14,27,29H,8,11H2,1H3/t14-/m1/s1. The zero-order valence-electron chi connectivity index (χ0n) is 18.4. The van der Waals surface area contributed by atoms with Gasteiger partial charge >= 0.3 is 5.97 Å². The molecule has 0 spiro atoms. The van der Waals surface area contributed by atoms with Gasteiger partial charge in [-0.05, 0) is 35.9 Å². The van der Waals surface area contributed by atoms with Crippen LogP contribution in [0.4, 0.5) is 0 Å². The molecule has 35 heavy (non-hydrogen) atoms. The number of fused-ring (bicyclic) bond motifs is 4. The third-order valence-corrected chi connectivity index (χ3v) is 6.19. The minimum Gasteiger partial charge on any atom is -0.507 e. The summed E-state index contributed by atoms with van der Waals surface area (Å²) in [5.41, 5.74) is 1.21. The number of phenolic OH excluding ortho intramolecular Hbond substituents is 2. The molecule has 0 fully saturated rings. The van der Waals surface area contributed by atoms with Gasteiger partial charge in [-0.2, -0.15) is 0 Å². The smallest absolute Gasteiger partial charge is 0.312 e. The van der Waals surface area contributed by atoms with E-state index in [0.29, 0.717) is 22.6 Å². The summed E-state index contributed by atoms with van der Waals surface area (Å²) >= 11 is 0. The summed E-state index contributed by atoms with van der Waals surface area (Å²) in [5.74, 6) is 0.152. The maximum Gasteiger partial charge on any atom is 0.312 e. The van der Waals surface area contributed by atoms with Gasteiger partial charge < -0.3 is 33.6 Å². The van der Waals surface area contributed by atoms with Crippen molar-refractivity contribution in [2.75, 3.05) is 13.9 Å². The summed E-state index contributed by atoms with van der Waals surface area (Å²) in [4.78, 5) is 25.5. The second-order valence-corrected chi connectivity index (χ2v) is 8.22. The summed E-state index contributed by atoms with van der Waals surface area (Å²) in [7, 11) is 1.43. The lowest BCUT2D eigenvalue weighted by atomic mass is 9.85. The van der Waals surface area contributed by atoms with Crippen LogP contribution in [0.1, 0.15) is 23.5 Å². The van der Waals surface area contributed by atoms with Crippen LogP contribution in [-0.4, -0.2) is 30.1 Å². The van der Waals surface area contributed by atoms with Gasteiger partial charge in [0.2, 0.25) is 6.79 Å².